The van der Waals surface area contributed by atoms with Crippen molar-refractivity contribution in [1.29, 1.82) is 0 Å². The number of piperidine rings is 1. The number of morpholine rings is 1. The third-order valence-electron chi connectivity index (χ3n) is 6.02. The molecule has 7 nitrogen and oxygen atoms in total. The summed E-state index contributed by atoms with van der Waals surface area (Å²) in [5.41, 5.74) is 0. The van der Waals surface area contributed by atoms with Gasteiger partial charge in [0.25, 0.3) is 0 Å². The van der Waals surface area contributed by atoms with Crippen LogP contribution >= 0.6 is 0 Å². The second-order valence-corrected chi connectivity index (χ2v) is 7.67. The van der Waals surface area contributed by atoms with E-state index in [1.165, 1.54) is 6.42 Å². The van der Waals surface area contributed by atoms with Crippen molar-refractivity contribution in [2.24, 2.45) is 13.0 Å². The molecule has 1 amide bonds. The zero-order valence-electron chi connectivity index (χ0n) is 15.2. The molecule has 2 saturated heterocycles. The minimum absolute atomic E-state index is 0.287. The van der Waals surface area contributed by atoms with E-state index in [2.05, 4.69) is 31.6 Å². The quantitative estimate of drug-likeness (QED) is 0.818. The number of hydrogen-bond acceptors (Lipinski definition) is 5. The Bertz CT molecular complexity index is 607. The molecule has 1 atom stereocenters. The van der Waals surface area contributed by atoms with Crippen molar-refractivity contribution in [2.75, 3.05) is 39.4 Å². The Morgan fingerprint density at radius 3 is 2.64 bits per heavy atom. The van der Waals surface area contributed by atoms with Gasteiger partial charge < -0.3 is 14.2 Å². The predicted octanol–water partition coefficient (Wildman–Crippen LogP) is 1.15. The Labute approximate surface area is 149 Å². The van der Waals surface area contributed by atoms with E-state index in [1.807, 2.05) is 0 Å². The molecule has 0 N–H and O–H groups in total. The van der Waals surface area contributed by atoms with Gasteiger partial charge in [0, 0.05) is 45.1 Å². The van der Waals surface area contributed by atoms with Crippen LogP contribution < -0.4 is 0 Å². The van der Waals surface area contributed by atoms with Gasteiger partial charge in [-0.15, -0.1) is 10.2 Å². The normalized spacial score (nSPS) is 25.8. The molecule has 1 aromatic heterocycles. The first-order chi connectivity index (χ1) is 12.2. The molecule has 2 aliphatic heterocycles. The molecule has 0 radical (unpaired) electrons. The fourth-order valence-corrected chi connectivity index (χ4v) is 4.13. The number of rotatable bonds is 4. The Balaban J connectivity index is 1.41. The highest BCUT2D eigenvalue weighted by molar-refractivity contribution is 5.79. The summed E-state index contributed by atoms with van der Waals surface area (Å²) >= 11 is 0. The molecule has 4 rings (SSSR count). The van der Waals surface area contributed by atoms with Crippen molar-refractivity contribution in [3.63, 3.8) is 0 Å². The molecule has 3 aliphatic rings. The van der Waals surface area contributed by atoms with Crippen LogP contribution in [-0.2, 0) is 23.1 Å². The number of nitrogens with zero attached hydrogens (tertiary/aromatic N) is 5. The van der Waals surface area contributed by atoms with Gasteiger partial charge >= 0.3 is 0 Å². The Morgan fingerprint density at radius 1 is 1.12 bits per heavy atom. The Kier molecular flexibility index (Phi) is 5.03. The first-order valence-electron chi connectivity index (χ1n) is 9.69. The molecule has 1 aliphatic carbocycles. The summed E-state index contributed by atoms with van der Waals surface area (Å²) in [5, 5.41) is 8.94. The number of aromatic nitrogens is 3. The molecule has 7 heteroatoms. The van der Waals surface area contributed by atoms with Gasteiger partial charge in [-0.2, -0.15) is 0 Å². The summed E-state index contributed by atoms with van der Waals surface area (Å²) in [6, 6.07) is 0. The van der Waals surface area contributed by atoms with Gasteiger partial charge in [-0.1, -0.05) is 6.42 Å². The fourth-order valence-electron chi connectivity index (χ4n) is 4.13. The van der Waals surface area contributed by atoms with Crippen LogP contribution in [0.1, 0.15) is 49.7 Å². The molecule has 1 aromatic rings. The lowest BCUT2D eigenvalue weighted by Crippen LogP contribution is -2.44. The predicted molar refractivity (Wildman–Crippen MR) is 93.0 cm³/mol. The van der Waals surface area contributed by atoms with E-state index in [1.54, 1.807) is 0 Å². The van der Waals surface area contributed by atoms with Crippen LogP contribution in [0.4, 0.5) is 0 Å². The zero-order valence-corrected chi connectivity index (χ0v) is 15.2. The molecule has 1 unspecified atom stereocenters. The van der Waals surface area contributed by atoms with Crippen molar-refractivity contribution in [2.45, 2.75) is 44.6 Å². The molecule has 1 saturated carbocycles. The molecule has 0 spiro atoms. The minimum atomic E-state index is 0.287. The second kappa shape index (κ2) is 7.41. The van der Waals surface area contributed by atoms with Crippen LogP contribution in [-0.4, -0.2) is 69.9 Å². The van der Waals surface area contributed by atoms with E-state index < -0.39 is 0 Å². The molecule has 3 fully saturated rings. The standard InChI is InChI=1S/C18H29N5O2/c1-21-16(13-22-8-10-25-11-9-22)19-20-17(21)15-6-3-7-23(12-15)18(24)14-4-2-5-14/h14-15H,2-13H2,1H3. The zero-order chi connectivity index (χ0) is 17.2. The van der Waals surface area contributed by atoms with Gasteiger partial charge in [-0.25, -0.2) is 0 Å². The van der Waals surface area contributed by atoms with Crippen molar-refractivity contribution >= 4 is 5.91 Å². The molecule has 25 heavy (non-hydrogen) atoms. The summed E-state index contributed by atoms with van der Waals surface area (Å²) in [4.78, 5) is 17.0. The van der Waals surface area contributed by atoms with E-state index in [-0.39, 0.29) is 5.92 Å². The summed E-state index contributed by atoms with van der Waals surface area (Å²) in [7, 11) is 2.07. The van der Waals surface area contributed by atoms with Crippen LogP contribution in [0.25, 0.3) is 0 Å². The van der Waals surface area contributed by atoms with Gasteiger partial charge in [0.2, 0.25) is 5.91 Å². The summed E-state index contributed by atoms with van der Waals surface area (Å²) in [6.07, 6.45) is 5.52. The summed E-state index contributed by atoms with van der Waals surface area (Å²) in [6.45, 7) is 6.04. The van der Waals surface area contributed by atoms with Crippen LogP contribution in [0.15, 0.2) is 0 Å². The van der Waals surface area contributed by atoms with Gasteiger partial charge in [0.05, 0.1) is 19.8 Å². The van der Waals surface area contributed by atoms with Crippen LogP contribution in [0.2, 0.25) is 0 Å². The summed E-state index contributed by atoms with van der Waals surface area (Å²) in [5.74, 6) is 3.02. The maximum Gasteiger partial charge on any atom is 0.225 e. The monoisotopic (exact) mass is 347 g/mol. The van der Waals surface area contributed by atoms with Gasteiger partial charge in [0.1, 0.15) is 11.6 Å². The van der Waals surface area contributed by atoms with E-state index >= 15 is 0 Å². The smallest absolute Gasteiger partial charge is 0.225 e. The molecule has 0 bridgehead atoms. The first-order valence-corrected chi connectivity index (χ1v) is 9.69. The molecular formula is C18H29N5O2. The van der Waals surface area contributed by atoms with Crippen LogP contribution in [0, 0.1) is 5.92 Å². The third-order valence-corrected chi connectivity index (χ3v) is 6.02. The minimum Gasteiger partial charge on any atom is -0.379 e. The number of hydrogen-bond donors (Lipinski definition) is 0. The number of carbonyl (C=O) groups excluding carboxylic acids is 1. The maximum absolute atomic E-state index is 12.6. The molecular weight excluding hydrogens is 318 g/mol. The second-order valence-electron chi connectivity index (χ2n) is 7.67. The van der Waals surface area contributed by atoms with Crippen LogP contribution in [0.5, 0.6) is 0 Å². The van der Waals surface area contributed by atoms with E-state index in [9.17, 15) is 4.79 Å². The molecule has 0 aromatic carbocycles. The van der Waals surface area contributed by atoms with E-state index in [4.69, 9.17) is 4.74 Å². The lowest BCUT2D eigenvalue weighted by atomic mass is 9.83. The van der Waals surface area contributed by atoms with E-state index in [0.29, 0.717) is 11.8 Å². The van der Waals surface area contributed by atoms with Crippen LogP contribution in [0.3, 0.4) is 0 Å². The highest BCUT2D eigenvalue weighted by Crippen LogP contribution is 2.32. The van der Waals surface area contributed by atoms with Crippen molar-refractivity contribution in [3.8, 4) is 0 Å². The Hall–Kier alpha value is -1.47. The van der Waals surface area contributed by atoms with Gasteiger partial charge in [-0.3, -0.25) is 9.69 Å². The number of amides is 1. The van der Waals surface area contributed by atoms with Crippen molar-refractivity contribution < 1.29 is 9.53 Å². The highest BCUT2D eigenvalue weighted by atomic mass is 16.5. The maximum atomic E-state index is 12.6. The van der Waals surface area contributed by atoms with Gasteiger partial charge in [-0.05, 0) is 25.7 Å². The molecule has 3 heterocycles. The SMILES string of the molecule is Cn1c(CN2CCOCC2)nnc1C1CCCN(C(=O)C2CCC2)C1. The number of likely N-dealkylation sites (tertiary alicyclic amines) is 1. The highest BCUT2D eigenvalue weighted by Gasteiger charge is 2.34. The topological polar surface area (TPSA) is 63.5 Å². The van der Waals surface area contributed by atoms with Gasteiger partial charge in [0.15, 0.2) is 0 Å². The van der Waals surface area contributed by atoms with E-state index in [0.717, 1.165) is 83.3 Å². The van der Waals surface area contributed by atoms with Crippen molar-refractivity contribution in [1.82, 2.24) is 24.6 Å². The number of ether oxygens (including phenoxy) is 1. The lowest BCUT2D eigenvalue weighted by molar-refractivity contribution is -0.139. The lowest BCUT2D eigenvalue weighted by Gasteiger charge is -2.36. The average molecular weight is 347 g/mol. The van der Waals surface area contributed by atoms with Crippen molar-refractivity contribution in [3.05, 3.63) is 11.6 Å². The largest absolute Gasteiger partial charge is 0.379 e. The third kappa shape index (κ3) is 3.58. The first kappa shape index (κ1) is 17.0. The fraction of sp³-hybridized carbons (Fsp3) is 0.833. The molecule has 138 valence electrons. The summed E-state index contributed by atoms with van der Waals surface area (Å²) < 4.78 is 7.56. The number of carbonyl (C=O) groups is 1. The Morgan fingerprint density at radius 2 is 1.92 bits per heavy atom. The average Bonchev–Trinajstić information content (AvgIpc) is 2.95.